The summed E-state index contributed by atoms with van der Waals surface area (Å²) in [7, 11) is 1.67. The first kappa shape index (κ1) is 30.7. The van der Waals surface area contributed by atoms with Gasteiger partial charge in [0.1, 0.15) is 18.0 Å². The highest BCUT2D eigenvalue weighted by atomic mass is 16.6. The quantitative estimate of drug-likeness (QED) is 0.0494. The lowest BCUT2D eigenvalue weighted by molar-refractivity contribution is -0.383. The third-order valence-corrected chi connectivity index (χ3v) is 6.55. The van der Waals surface area contributed by atoms with Crippen LogP contribution in [0, 0.1) is 16.0 Å². The Labute approximate surface area is 216 Å². The van der Waals surface area contributed by atoms with Crippen LogP contribution in [-0.4, -0.2) is 113 Å². The number of unbranched alkanes of at least 4 members (excludes halogenated alkanes) is 2. The van der Waals surface area contributed by atoms with E-state index in [2.05, 4.69) is 20.2 Å². The van der Waals surface area contributed by atoms with Gasteiger partial charge in [0.2, 0.25) is 0 Å². The summed E-state index contributed by atoms with van der Waals surface area (Å²) in [4.78, 5) is 17.4. The van der Waals surface area contributed by atoms with Crippen molar-refractivity contribution in [2.24, 2.45) is 11.0 Å². The third kappa shape index (κ3) is 9.68. The Hall–Kier alpha value is -2.55. The topological polar surface area (TPSA) is 201 Å². The Balaban J connectivity index is 1.93. The standard InChI is InChI=1S/C23H39N7O7/c1-37-13-4-2-3-9-28(11-12-29-15-17(16-31)21(32)22(33)23(29)34)10-5-8-25-19-7-6-18(26-27-24)14-20(19)30(35)36/h6-7,14,17,21-23,25,31-34H,2-5,8-13,15-16H2,1H3/t17-,21-,22+,23-/m1/s1. The van der Waals surface area contributed by atoms with E-state index in [0.29, 0.717) is 44.9 Å². The second kappa shape index (κ2) is 16.3. The number of hydrogen-bond acceptors (Lipinski definition) is 11. The zero-order chi connectivity index (χ0) is 27.2. The van der Waals surface area contributed by atoms with E-state index < -0.39 is 29.3 Å². The molecule has 208 valence electrons. The fourth-order valence-corrected chi connectivity index (χ4v) is 4.40. The van der Waals surface area contributed by atoms with Gasteiger partial charge in [0.05, 0.1) is 11.0 Å². The molecule has 0 radical (unpaired) electrons. The number of nitrogens with zero attached hydrogens (tertiary/aromatic N) is 6. The van der Waals surface area contributed by atoms with Crippen LogP contribution in [0.15, 0.2) is 23.3 Å². The van der Waals surface area contributed by atoms with E-state index in [4.69, 9.17) is 10.3 Å². The van der Waals surface area contributed by atoms with Crippen LogP contribution in [0.4, 0.5) is 17.1 Å². The number of likely N-dealkylation sites (tertiary alicyclic amines) is 1. The van der Waals surface area contributed by atoms with Crippen molar-refractivity contribution in [1.29, 1.82) is 0 Å². The van der Waals surface area contributed by atoms with Gasteiger partial charge in [0, 0.05) is 69.1 Å². The molecule has 1 fully saturated rings. The number of nitrogens with one attached hydrogen (secondary N) is 1. The number of azide groups is 1. The number of nitro benzene ring substituents is 1. The number of aliphatic hydroxyl groups excluding tert-OH is 4. The maximum absolute atomic E-state index is 11.4. The fraction of sp³-hybridized carbons (Fsp3) is 0.739. The predicted octanol–water partition coefficient (Wildman–Crippen LogP) is 1.42. The molecule has 4 atom stereocenters. The van der Waals surface area contributed by atoms with Crippen LogP contribution >= 0.6 is 0 Å². The van der Waals surface area contributed by atoms with Crippen LogP contribution < -0.4 is 5.32 Å². The minimum Gasteiger partial charge on any atom is -0.396 e. The number of aliphatic hydroxyl groups is 4. The summed E-state index contributed by atoms with van der Waals surface area (Å²) in [6, 6.07) is 4.25. The molecular weight excluding hydrogens is 486 g/mol. The van der Waals surface area contributed by atoms with Crippen LogP contribution in [0.25, 0.3) is 10.4 Å². The summed E-state index contributed by atoms with van der Waals surface area (Å²) in [5.74, 6) is -0.536. The van der Waals surface area contributed by atoms with Gasteiger partial charge < -0.3 is 35.4 Å². The van der Waals surface area contributed by atoms with Crippen LogP contribution in [0.1, 0.15) is 25.7 Å². The minimum absolute atomic E-state index is 0.167. The van der Waals surface area contributed by atoms with E-state index in [-0.39, 0.29) is 24.5 Å². The van der Waals surface area contributed by atoms with Gasteiger partial charge in [-0.15, -0.1) is 0 Å². The molecule has 1 saturated heterocycles. The smallest absolute Gasteiger partial charge is 0.292 e. The molecule has 1 heterocycles. The Morgan fingerprint density at radius 2 is 1.97 bits per heavy atom. The molecule has 0 aliphatic carbocycles. The molecule has 37 heavy (non-hydrogen) atoms. The van der Waals surface area contributed by atoms with Crippen LogP contribution in [-0.2, 0) is 4.74 Å². The number of anilines is 1. The molecule has 2 rings (SSSR count). The molecule has 1 aliphatic heterocycles. The van der Waals surface area contributed by atoms with Crippen molar-refractivity contribution in [1.82, 2.24) is 9.80 Å². The molecule has 0 bridgehead atoms. The maximum Gasteiger partial charge on any atom is 0.292 e. The molecule has 1 aromatic rings. The first-order chi connectivity index (χ1) is 17.8. The molecule has 0 amide bonds. The predicted molar refractivity (Wildman–Crippen MR) is 137 cm³/mol. The maximum atomic E-state index is 11.4. The zero-order valence-electron chi connectivity index (χ0n) is 21.2. The Kier molecular flexibility index (Phi) is 13.5. The van der Waals surface area contributed by atoms with E-state index in [1.165, 1.54) is 18.2 Å². The molecule has 1 aliphatic rings. The molecule has 14 nitrogen and oxygen atoms in total. The lowest BCUT2D eigenvalue weighted by Gasteiger charge is -2.43. The number of nitro groups is 1. The van der Waals surface area contributed by atoms with Crippen molar-refractivity contribution in [3.63, 3.8) is 0 Å². The Morgan fingerprint density at radius 3 is 2.65 bits per heavy atom. The zero-order valence-corrected chi connectivity index (χ0v) is 21.2. The number of benzene rings is 1. The average Bonchev–Trinajstić information content (AvgIpc) is 2.89. The van der Waals surface area contributed by atoms with Gasteiger partial charge in [0.25, 0.3) is 5.69 Å². The number of piperidine rings is 1. The second-order valence-electron chi connectivity index (χ2n) is 9.16. The molecule has 0 spiro atoms. The molecule has 0 aromatic heterocycles. The highest BCUT2D eigenvalue weighted by molar-refractivity contribution is 5.66. The van der Waals surface area contributed by atoms with E-state index in [0.717, 1.165) is 25.8 Å². The Morgan fingerprint density at radius 1 is 1.22 bits per heavy atom. The van der Waals surface area contributed by atoms with E-state index in [1.807, 2.05) is 0 Å². The molecule has 5 N–H and O–H groups in total. The van der Waals surface area contributed by atoms with Crippen molar-refractivity contribution in [2.45, 2.75) is 44.1 Å². The highest BCUT2D eigenvalue weighted by Crippen LogP contribution is 2.29. The third-order valence-electron chi connectivity index (χ3n) is 6.55. The normalized spacial score (nSPS) is 22.1. The summed E-state index contributed by atoms with van der Waals surface area (Å²) in [6.45, 7) is 3.71. The van der Waals surface area contributed by atoms with Crippen molar-refractivity contribution < 1.29 is 30.1 Å². The lowest BCUT2D eigenvalue weighted by atomic mass is 9.92. The van der Waals surface area contributed by atoms with Crippen LogP contribution in [0.2, 0.25) is 0 Å². The molecule has 0 saturated carbocycles. The number of hydrogen-bond donors (Lipinski definition) is 5. The van der Waals surface area contributed by atoms with Crippen LogP contribution in [0.5, 0.6) is 0 Å². The van der Waals surface area contributed by atoms with Gasteiger partial charge in [-0.05, 0) is 50.4 Å². The molecular formula is C23H39N7O7. The average molecular weight is 526 g/mol. The van der Waals surface area contributed by atoms with Gasteiger partial charge in [0.15, 0.2) is 0 Å². The van der Waals surface area contributed by atoms with Gasteiger partial charge in [-0.1, -0.05) is 11.2 Å². The first-order valence-electron chi connectivity index (χ1n) is 12.5. The summed E-state index contributed by atoms with van der Waals surface area (Å²) in [6.07, 6.45) is -0.146. The lowest BCUT2D eigenvalue weighted by Crippen LogP contribution is -2.60. The van der Waals surface area contributed by atoms with Crippen molar-refractivity contribution >= 4 is 17.1 Å². The largest absolute Gasteiger partial charge is 0.396 e. The Bertz CT molecular complexity index is 885. The van der Waals surface area contributed by atoms with Crippen molar-refractivity contribution in [3.05, 3.63) is 38.8 Å². The van der Waals surface area contributed by atoms with E-state index in [9.17, 15) is 30.5 Å². The number of rotatable bonds is 17. The van der Waals surface area contributed by atoms with Crippen molar-refractivity contribution in [3.8, 4) is 0 Å². The van der Waals surface area contributed by atoms with E-state index in [1.54, 1.807) is 12.0 Å². The first-order valence-corrected chi connectivity index (χ1v) is 12.5. The summed E-state index contributed by atoms with van der Waals surface area (Å²) in [5, 5.41) is 58.0. The fourth-order valence-electron chi connectivity index (χ4n) is 4.40. The summed E-state index contributed by atoms with van der Waals surface area (Å²) < 4.78 is 5.10. The van der Waals surface area contributed by atoms with Gasteiger partial charge in [-0.25, -0.2) is 0 Å². The SMILES string of the molecule is COCCCCCN(CCCNc1ccc(N=[N+]=[N-])cc1[N+](=O)[O-])CCN1C[C@H](CO)[C@@H](O)[C@H](O)[C@H]1O. The second-order valence-corrected chi connectivity index (χ2v) is 9.16. The minimum atomic E-state index is -1.35. The van der Waals surface area contributed by atoms with Crippen molar-refractivity contribution in [2.75, 3.05) is 64.9 Å². The van der Waals surface area contributed by atoms with Gasteiger partial charge >= 0.3 is 0 Å². The molecule has 1 aromatic carbocycles. The van der Waals surface area contributed by atoms with Gasteiger partial charge in [-0.3, -0.25) is 15.0 Å². The molecule has 14 heteroatoms. The summed E-state index contributed by atoms with van der Waals surface area (Å²) >= 11 is 0. The summed E-state index contributed by atoms with van der Waals surface area (Å²) in [5.41, 5.74) is 8.89. The monoisotopic (exact) mass is 525 g/mol. The van der Waals surface area contributed by atoms with Crippen LogP contribution in [0.3, 0.4) is 0 Å². The number of methoxy groups -OCH3 is 1. The van der Waals surface area contributed by atoms with Gasteiger partial charge in [-0.2, -0.15) is 0 Å². The molecule has 0 unspecified atom stereocenters. The highest BCUT2D eigenvalue weighted by Gasteiger charge is 2.40. The number of ether oxygens (including phenoxy) is 1. The van der Waals surface area contributed by atoms with E-state index >= 15 is 0 Å².